The summed E-state index contributed by atoms with van der Waals surface area (Å²) < 4.78 is 11.9. The van der Waals surface area contributed by atoms with Gasteiger partial charge in [0.05, 0.1) is 13.2 Å². The van der Waals surface area contributed by atoms with E-state index in [-0.39, 0.29) is 22.6 Å². The number of morpholine rings is 1. The molecule has 3 aromatic rings. The Morgan fingerprint density at radius 1 is 1.25 bits per heavy atom. The number of carbonyl (C=O) groups is 1. The van der Waals surface area contributed by atoms with E-state index in [4.69, 9.17) is 20.9 Å². The standard InChI is InChI=1S/C19H19ClN4O4/c1-2-14(18(25)23-7-9-27-10-8-23)24-11-21-17-15(19(24)26)16(22-28-17)12-3-5-13(20)6-4-12/h3-6,11,14H,2,7-10H2,1H3. The van der Waals surface area contributed by atoms with Gasteiger partial charge in [0.2, 0.25) is 5.91 Å². The predicted molar refractivity (Wildman–Crippen MR) is 103 cm³/mol. The Labute approximate surface area is 165 Å². The van der Waals surface area contributed by atoms with Crippen LogP contribution < -0.4 is 5.56 Å². The zero-order chi connectivity index (χ0) is 19.7. The minimum atomic E-state index is -0.643. The van der Waals surface area contributed by atoms with Gasteiger partial charge in [-0.1, -0.05) is 35.8 Å². The van der Waals surface area contributed by atoms with E-state index in [9.17, 15) is 9.59 Å². The second-order valence-electron chi connectivity index (χ2n) is 6.54. The molecule has 8 nitrogen and oxygen atoms in total. The van der Waals surface area contributed by atoms with Gasteiger partial charge in [-0.15, -0.1) is 0 Å². The summed E-state index contributed by atoms with van der Waals surface area (Å²) in [5.41, 5.74) is 0.851. The molecule has 0 bridgehead atoms. The fourth-order valence-electron chi connectivity index (χ4n) is 3.37. The van der Waals surface area contributed by atoms with E-state index in [2.05, 4.69) is 10.1 Å². The lowest BCUT2D eigenvalue weighted by atomic mass is 10.1. The summed E-state index contributed by atoms with van der Waals surface area (Å²) in [7, 11) is 0. The summed E-state index contributed by atoms with van der Waals surface area (Å²) in [6.07, 6.45) is 1.82. The summed E-state index contributed by atoms with van der Waals surface area (Å²) in [4.78, 5) is 32.2. The van der Waals surface area contributed by atoms with Crippen LogP contribution in [0.5, 0.6) is 0 Å². The van der Waals surface area contributed by atoms with Crippen molar-refractivity contribution in [3.8, 4) is 11.3 Å². The van der Waals surface area contributed by atoms with Crippen molar-refractivity contribution in [1.29, 1.82) is 0 Å². The first kappa shape index (κ1) is 18.6. The first-order valence-electron chi connectivity index (χ1n) is 9.09. The van der Waals surface area contributed by atoms with Crippen LogP contribution in [0.15, 0.2) is 39.9 Å². The minimum Gasteiger partial charge on any atom is -0.378 e. The van der Waals surface area contributed by atoms with Crippen molar-refractivity contribution in [3.05, 3.63) is 46.0 Å². The number of amides is 1. The Hall–Kier alpha value is -2.71. The lowest BCUT2D eigenvalue weighted by molar-refractivity contribution is -0.139. The quantitative estimate of drug-likeness (QED) is 0.666. The Balaban J connectivity index is 1.78. The summed E-state index contributed by atoms with van der Waals surface area (Å²) in [5, 5.41) is 4.84. The van der Waals surface area contributed by atoms with Crippen molar-refractivity contribution in [2.24, 2.45) is 0 Å². The van der Waals surface area contributed by atoms with Crippen LogP contribution in [0.4, 0.5) is 0 Å². The maximum absolute atomic E-state index is 13.2. The molecule has 0 spiro atoms. The van der Waals surface area contributed by atoms with Gasteiger partial charge in [0.1, 0.15) is 23.4 Å². The van der Waals surface area contributed by atoms with Gasteiger partial charge in [-0.3, -0.25) is 14.2 Å². The number of benzene rings is 1. The van der Waals surface area contributed by atoms with Gasteiger partial charge in [0.25, 0.3) is 11.3 Å². The molecule has 3 heterocycles. The molecule has 1 unspecified atom stereocenters. The zero-order valence-electron chi connectivity index (χ0n) is 15.3. The molecular formula is C19H19ClN4O4. The van der Waals surface area contributed by atoms with Gasteiger partial charge in [-0.2, -0.15) is 0 Å². The minimum absolute atomic E-state index is 0.112. The van der Waals surface area contributed by atoms with Crippen LogP contribution in [-0.4, -0.2) is 51.8 Å². The van der Waals surface area contributed by atoms with Crippen LogP contribution in [0.1, 0.15) is 19.4 Å². The molecule has 1 saturated heterocycles. The normalized spacial score (nSPS) is 15.7. The highest BCUT2D eigenvalue weighted by atomic mass is 35.5. The first-order chi connectivity index (χ1) is 13.6. The first-order valence-corrected chi connectivity index (χ1v) is 9.47. The van der Waals surface area contributed by atoms with Gasteiger partial charge < -0.3 is 14.2 Å². The average Bonchev–Trinajstić information content (AvgIpc) is 3.16. The second-order valence-corrected chi connectivity index (χ2v) is 6.97. The van der Waals surface area contributed by atoms with E-state index < -0.39 is 6.04 Å². The molecule has 9 heteroatoms. The molecule has 0 aliphatic carbocycles. The third-order valence-electron chi connectivity index (χ3n) is 4.87. The molecule has 4 rings (SSSR count). The molecule has 1 aromatic carbocycles. The number of aromatic nitrogens is 3. The largest absolute Gasteiger partial charge is 0.378 e. The maximum atomic E-state index is 13.2. The number of ether oxygens (including phenoxy) is 1. The summed E-state index contributed by atoms with van der Waals surface area (Å²) >= 11 is 5.94. The summed E-state index contributed by atoms with van der Waals surface area (Å²) in [6.45, 7) is 3.90. The van der Waals surface area contributed by atoms with E-state index in [0.29, 0.717) is 49.0 Å². The predicted octanol–water partition coefficient (Wildman–Crippen LogP) is 2.51. The van der Waals surface area contributed by atoms with Crippen molar-refractivity contribution in [2.45, 2.75) is 19.4 Å². The molecule has 146 valence electrons. The molecule has 0 radical (unpaired) electrons. The third kappa shape index (κ3) is 3.29. The molecular weight excluding hydrogens is 384 g/mol. The lowest BCUT2D eigenvalue weighted by Gasteiger charge is -2.30. The Morgan fingerprint density at radius 2 is 1.96 bits per heavy atom. The number of nitrogens with zero attached hydrogens (tertiary/aromatic N) is 4. The van der Waals surface area contributed by atoms with E-state index in [0.717, 1.165) is 0 Å². The topological polar surface area (TPSA) is 90.5 Å². The Morgan fingerprint density at radius 3 is 2.64 bits per heavy atom. The van der Waals surface area contributed by atoms with Crippen molar-refractivity contribution >= 4 is 28.6 Å². The van der Waals surface area contributed by atoms with Crippen molar-refractivity contribution in [1.82, 2.24) is 19.6 Å². The van der Waals surface area contributed by atoms with Crippen LogP contribution in [-0.2, 0) is 9.53 Å². The highest BCUT2D eigenvalue weighted by molar-refractivity contribution is 6.30. The van der Waals surface area contributed by atoms with Crippen molar-refractivity contribution in [2.75, 3.05) is 26.3 Å². The summed E-state index contributed by atoms with van der Waals surface area (Å²) in [5.74, 6) is -0.112. The molecule has 0 N–H and O–H groups in total. The Kier molecular flexibility index (Phi) is 5.15. The molecule has 1 atom stereocenters. The number of halogens is 1. The number of hydrogen-bond donors (Lipinski definition) is 0. The average molecular weight is 403 g/mol. The summed E-state index contributed by atoms with van der Waals surface area (Å²) in [6, 6.07) is 6.29. The molecule has 2 aromatic heterocycles. The van der Waals surface area contributed by atoms with E-state index in [1.54, 1.807) is 29.2 Å². The third-order valence-corrected chi connectivity index (χ3v) is 5.12. The SMILES string of the molecule is CCC(C(=O)N1CCOCC1)n1cnc2onc(-c3ccc(Cl)cc3)c2c1=O. The van der Waals surface area contributed by atoms with E-state index in [1.807, 2.05) is 6.92 Å². The molecule has 1 amide bonds. The Bertz CT molecular complexity index is 1050. The molecule has 1 aliphatic heterocycles. The van der Waals surface area contributed by atoms with Crippen LogP contribution in [0.2, 0.25) is 5.02 Å². The molecule has 0 saturated carbocycles. The van der Waals surface area contributed by atoms with Gasteiger partial charge in [0.15, 0.2) is 0 Å². The fraction of sp³-hybridized carbons (Fsp3) is 0.368. The number of rotatable bonds is 4. The second kappa shape index (κ2) is 7.73. The van der Waals surface area contributed by atoms with Crippen LogP contribution in [0.3, 0.4) is 0 Å². The van der Waals surface area contributed by atoms with Gasteiger partial charge >= 0.3 is 0 Å². The molecule has 1 fully saturated rings. The molecule has 1 aliphatic rings. The highest BCUT2D eigenvalue weighted by Gasteiger charge is 2.28. The van der Waals surface area contributed by atoms with Crippen LogP contribution in [0, 0.1) is 0 Å². The number of fused-ring (bicyclic) bond motifs is 1. The lowest BCUT2D eigenvalue weighted by Crippen LogP contribution is -2.45. The number of hydrogen-bond acceptors (Lipinski definition) is 6. The van der Waals surface area contributed by atoms with Gasteiger partial charge in [0, 0.05) is 23.7 Å². The van der Waals surface area contributed by atoms with Crippen LogP contribution in [0.25, 0.3) is 22.4 Å². The monoisotopic (exact) mass is 402 g/mol. The number of carbonyl (C=O) groups excluding carboxylic acids is 1. The smallest absolute Gasteiger partial charge is 0.267 e. The highest BCUT2D eigenvalue weighted by Crippen LogP contribution is 2.26. The van der Waals surface area contributed by atoms with E-state index >= 15 is 0 Å². The fourth-order valence-corrected chi connectivity index (χ4v) is 3.50. The van der Waals surface area contributed by atoms with E-state index in [1.165, 1.54) is 10.9 Å². The maximum Gasteiger partial charge on any atom is 0.267 e. The van der Waals surface area contributed by atoms with Gasteiger partial charge in [-0.05, 0) is 18.6 Å². The van der Waals surface area contributed by atoms with Crippen molar-refractivity contribution < 1.29 is 14.1 Å². The van der Waals surface area contributed by atoms with Gasteiger partial charge in [-0.25, -0.2) is 4.98 Å². The van der Waals surface area contributed by atoms with Crippen molar-refractivity contribution in [3.63, 3.8) is 0 Å². The zero-order valence-corrected chi connectivity index (χ0v) is 16.1. The van der Waals surface area contributed by atoms with Crippen LogP contribution >= 0.6 is 11.6 Å². The molecule has 28 heavy (non-hydrogen) atoms.